The molecule has 1 aliphatic carbocycles. The summed E-state index contributed by atoms with van der Waals surface area (Å²) in [6.07, 6.45) is 6.08. The number of carbonyl (C=O) groups excluding carboxylic acids is 1. The molecule has 1 aromatic carbocycles. The standard InChI is InChI=1S/C19H27BrN2O3/c1-24-17-6-5-15(13-16(17)20)18(23)21-14-19(7-3-2-4-8-19)22-9-11-25-12-10-22/h5-6,13H,2-4,7-12,14H2,1H3,(H,21,23). The Kier molecular flexibility index (Phi) is 6.36. The molecular weight excluding hydrogens is 384 g/mol. The van der Waals surface area contributed by atoms with Crippen molar-refractivity contribution in [2.45, 2.75) is 37.6 Å². The van der Waals surface area contributed by atoms with E-state index >= 15 is 0 Å². The van der Waals surface area contributed by atoms with Gasteiger partial charge in [-0.15, -0.1) is 0 Å². The fourth-order valence-electron chi connectivity index (χ4n) is 4.01. The highest BCUT2D eigenvalue weighted by atomic mass is 79.9. The smallest absolute Gasteiger partial charge is 0.251 e. The zero-order valence-electron chi connectivity index (χ0n) is 14.9. The molecule has 138 valence electrons. The molecule has 1 saturated carbocycles. The normalized spacial score (nSPS) is 20.9. The average molecular weight is 411 g/mol. The van der Waals surface area contributed by atoms with E-state index < -0.39 is 0 Å². The molecule has 1 amide bonds. The first kappa shape index (κ1) is 18.7. The van der Waals surface area contributed by atoms with Crippen molar-refractivity contribution in [3.63, 3.8) is 0 Å². The van der Waals surface area contributed by atoms with E-state index in [1.165, 1.54) is 19.3 Å². The Morgan fingerprint density at radius 3 is 2.64 bits per heavy atom. The summed E-state index contributed by atoms with van der Waals surface area (Å²) in [5.41, 5.74) is 0.738. The topological polar surface area (TPSA) is 50.8 Å². The van der Waals surface area contributed by atoms with Crippen LogP contribution in [0.3, 0.4) is 0 Å². The molecule has 0 spiro atoms. The minimum atomic E-state index is -0.0263. The van der Waals surface area contributed by atoms with E-state index in [0.717, 1.165) is 49.4 Å². The lowest BCUT2D eigenvalue weighted by molar-refractivity contribution is -0.0361. The molecule has 0 atom stereocenters. The van der Waals surface area contributed by atoms with Crippen LogP contribution in [0.5, 0.6) is 5.75 Å². The van der Waals surface area contributed by atoms with Crippen LogP contribution in [0.15, 0.2) is 22.7 Å². The Hall–Kier alpha value is -1.11. The van der Waals surface area contributed by atoms with E-state index in [9.17, 15) is 4.79 Å². The monoisotopic (exact) mass is 410 g/mol. The third-order valence-electron chi connectivity index (χ3n) is 5.46. The van der Waals surface area contributed by atoms with Crippen LogP contribution >= 0.6 is 15.9 Å². The molecule has 25 heavy (non-hydrogen) atoms. The highest BCUT2D eigenvalue weighted by molar-refractivity contribution is 9.10. The zero-order chi connectivity index (χ0) is 17.7. The number of morpholine rings is 1. The third kappa shape index (κ3) is 4.36. The van der Waals surface area contributed by atoms with Crippen LogP contribution in [-0.4, -0.2) is 56.3 Å². The van der Waals surface area contributed by atoms with Crippen molar-refractivity contribution < 1.29 is 14.3 Å². The van der Waals surface area contributed by atoms with Gasteiger partial charge in [0.15, 0.2) is 0 Å². The van der Waals surface area contributed by atoms with Crippen molar-refractivity contribution in [1.82, 2.24) is 10.2 Å². The molecule has 0 aromatic heterocycles. The summed E-state index contributed by atoms with van der Waals surface area (Å²) in [6.45, 7) is 4.21. The average Bonchev–Trinajstić information content (AvgIpc) is 2.67. The molecule has 2 fully saturated rings. The van der Waals surface area contributed by atoms with Gasteiger partial charge in [-0.2, -0.15) is 0 Å². The molecule has 1 aromatic rings. The Morgan fingerprint density at radius 1 is 1.28 bits per heavy atom. The van der Waals surface area contributed by atoms with E-state index in [1.54, 1.807) is 13.2 Å². The first-order chi connectivity index (χ1) is 12.1. The summed E-state index contributed by atoms with van der Waals surface area (Å²) >= 11 is 3.45. The van der Waals surface area contributed by atoms with Crippen LogP contribution in [0.4, 0.5) is 0 Å². The second-order valence-electron chi connectivity index (χ2n) is 6.92. The maximum Gasteiger partial charge on any atom is 0.251 e. The Balaban J connectivity index is 1.68. The van der Waals surface area contributed by atoms with Gasteiger partial charge in [0, 0.05) is 30.7 Å². The van der Waals surface area contributed by atoms with Gasteiger partial charge in [0.05, 0.1) is 24.8 Å². The quantitative estimate of drug-likeness (QED) is 0.809. The van der Waals surface area contributed by atoms with Gasteiger partial charge in [-0.25, -0.2) is 0 Å². The number of methoxy groups -OCH3 is 1. The van der Waals surface area contributed by atoms with Gasteiger partial charge in [0.2, 0.25) is 0 Å². The van der Waals surface area contributed by atoms with Crippen LogP contribution in [0.2, 0.25) is 0 Å². The number of carbonyl (C=O) groups is 1. The summed E-state index contributed by atoms with van der Waals surface area (Å²) in [5.74, 6) is 0.704. The highest BCUT2D eigenvalue weighted by Crippen LogP contribution is 2.34. The Morgan fingerprint density at radius 2 is 2.00 bits per heavy atom. The maximum absolute atomic E-state index is 12.6. The van der Waals surface area contributed by atoms with E-state index in [-0.39, 0.29) is 11.4 Å². The van der Waals surface area contributed by atoms with Crippen molar-refractivity contribution in [2.24, 2.45) is 0 Å². The summed E-state index contributed by atoms with van der Waals surface area (Å²) in [7, 11) is 1.62. The number of rotatable bonds is 5. The fourth-order valence-corrected chi connectivity index (χ4v) is 4.55. The number of hydrogen-bond donors (Lipinski definition) is 1. The fraction of sp³-hybridized carbons (Fsp3) is 0.632. The third-order valence-corrected chi connectivity index (χ3v) is 6.08. The van der Waals surface area contributed by atoms with Crippen molar-refractivity contribution in [3.8, 4) is 5.75 Å². The molecule has 6 heteroatoms. The Bertz CT molecular complexity index is 596. The molecule has 5 nitrogen and oxygen atoms in total. The van der Waals surface area contributed by atoms with Gasteiger partial charge in [0.1, 0.15) is 5.75 Å². The predicted octanol–water partition coefficient (Wildman–Crippen LogP) is 3.22. The van der Waals surface area contributed by atoms with Crippen LogP contribution in [0.1, 0.15) is 42.5 Å². The van der Waals surface area contributed by atoms with E-state index in [4.69, 9.17) is 9.47 Å². The lowest BCUT2D eigenvalue weighted by Gasteiger charge is -2.48. The van der Waals surface area contributed by atoms with Crippen molar-refractivity contribution in [3.05, 3.63) is 28.2 Å². The van der Waals surface area contributed by atoms with Crippen LogP contribution < -0.4 is 10.1 Å². The first-order valence-electron chi connectivity index (χ1n) is 9.09. The lowest BCUT2D eigenvalue weighted by Crippen LogP contribution is -2.59. The van der Waals surface area contributed by atoms with Crippen LogP contribution in [-0.2, 0) is 4.74 Å². The number of ether oxygens (including phenoxy) is 2. The van der Waals surface area contributed by atoms with E-state index in [2.05, 4.69) is 26.1 Å². The summed E-state index contributed by atoms with van der Waals surface area (Å²) in [4.78, 5) is 15.2. The van der Waals surface area contributed by atoms with Crippen molar-refractivity contribution in [2.75, 3.05) is 40.0 Å². The molecule has 2 aliphatic rings. The molecule has 1 aliphatic heterocycles. The minimum Gasteiger partial charge on any atom is -0.496 e. The second kappa shape index (κ2) is 8.52. The van der Waals surface area contributed by atoms with Gasteiger partial charge in [-0.3, -0.25) is 9.69 Å². The van der Waals surface area contributed by atoms with Gasteiger partial charge in [0.25, 0.3) is 5.91 Å². The number of halogens is 1. The zero-order valence-corrected chi connectivity index (χ0v) is 16.4. The largest absolute Gasteiger partial charge is 0.496 e. The van der Waals surface area contributed by atoms with Crippen LogP contribution in [0, 0.1) is 0 Å². The number of hydrogen-bond acceptors (Lipinski definition) is 4. The number of nitrogens with one attached hydrogen (secondary N) is 1. The number of amides is 1. The summed E-state index contributed by atoms with van der Waals surface area (Å²) < 4.78 is 11.5. The van der Waals surface area contributed by atoms with E-state index in [0.29, 0.717) is 12.1 Å². The maximum atomic E-state index is 12.6. The van der Waals surface area contributed by atoms with Crippen molar-refractivity contribution in [1.29, 1.82) is 0 Å². The summed E-state index contributed by atoms with van der Waals surface area (Å²) in [6, 6.07) is 5.44. The Labute approximate surface area is 158 Å². The lowest BCUT2D eigenvalue weighted by atomic mass is 9.79. The summed E-state index contributed by atoms with van der Waals surface area (Å²) in [5, 5.41) is 3.19. The SMILES string of the molecule is COc1ccc(C(=O)NCC2(N3CCOCC3)CCCCC2)cc1Br. The van der Waals surface area contributed by atoms with Crippen LogP contribution in [0.25, 0.3) is 0 Å². The minimum absolute atomic E-state index is 0.0263. The molecule has 1 N–H and O–H groups in total. The molecule has 1 heterocycles. The number of benzene rings is 1. The molecule has 0 bridgehead atoms. The molecule has 1 saturated heterocycles. The highest BCUT2D eigenvalue weighted by Gasteiger charge is 2.38. The van der Waals surface area contributed by atoms with E-state index in [1.807, 2.05) is 12.1 Å². The van der Waals surface area contributed by atoms with Gasteiger partial charge >= 0.3 is 0 Å². The van der Waals surface area contributed by atoms with Gasteiger partial charge in [-0.1, -0.05) is 19.3 Å². The molecule has 0 radical (unpaired) electrons. The van der Waals surface area contributed by atoms with Gasteiger partial charge in [-0.05, 0) is 47.0 Å². The first-order valence-corrected chi connectivity index (χ1v) is 9.88. The molecule has 0 unspecified atom stereocenters. The predicted molar refractivity (Wildman–Crippen MR) is 101 cm³/mol. The van der Waals surface area contributed by atoms with Crippen molar-refractivity contribution >= 4 is 21.8 Å². The van der Waals surface area contributed by atoms with Gasteiger partial charge < -0.3 is 14.8 Å². The second-order valence-corrected chi connectivity index (χ2v) is 7.77. The molecular formula is C19H27BrN2O3. The number of nitrogens with zero attached hydrogens (tertiary/aromatic N) is 1. The molecule has 3 rings (SSSR count).